The summed E-state index contributed by atoms with van der Waals surface area (Å²) in [6, 6.07) is 5.78. The number of Topliss-reactive ketones (excluding diaryl/α,β-unsaturated/α-hetero) is 1. The van der Waals surface area contributed by atoms with Crippen LogP contribution in [0.2, 0.25) is 0 Å². The lowest BCUT2D eigenvalue weighted by Crippen LogP contribution is -2.05. The van der Waals surface area contributed by atoms with Crippen molar-refractivity contribution in [3.05, 3.63) is 56.9 Å². The van der Waals surface area contributed by atoms with Crippen LogP contribution < -0.4 is 0 Å². The Balaban J connectivity index is 1.71. The van der Waals surface area contributed by atoms with Crippen LogP contribution in [0.15, 0.2) is 29.4 Å². The molecule has 0 amide bonds. The Labute approximate surface area is 137 Å². The van der Waals surface area contributed by atoms with E-state index in [0.29, 0.717) is 10.7 Å². The Morgan fingerprint density at radius 3 is 2.96 bits per heavy atom. The third-order valence-corrected chi connectivity index (χ3v) is 4.68. The van der Waals surface area contributed by atoms with Crippen LogP contribution in [0.5, 0.6) is 0 Å². The molecule has 118 valence electrons. The van der Waals surface area contributed by atoms with Gasteiger partial charge >= 0.3 is 0 Å². The highest BCUT2D eigenvalue weighted by atomic mass is 32.2. The number of thioether (sulfide) groups is 1. The molecule has 0 unspecified atom stereocenters. The summed E-state index contributed by atoms with van der Waals surface area (Å²) >= 11 is 1.28. The van der Waals surface area contributed by atoms with E-state index in [-0.39, 0.29) is 17.2 Å². The number of nitro benzene ring substituents is 1. The van der Waals surface area contributed by atoms with E-state index in [1.54, 1.807) is 6.07 Å². The summed E-state index contributed by atoms with van der Waals surface area (Å²) in [5, 5.41) is 11.4. The molecular formula is C16H15N3O3S. The maximum atomic E-state index is 12.2. The Morgan fingerprint density at radius 2 is 2.17 bits per heavy atom. The standard InChI is InChI=1S/C16H15N3O3S/c1-10-13-6-3-7-14(13)18-16(17-10)23-9-15(20)11-4-2-5-12(8-11)19(21)22/h2,4-5,8H,3,6-7,9H2,1H3. The molecular weight excluding hydrogens is 314 g/mol. The molecule has 7 heteroatoms. The molecule has 0 atom stereocenters. The molecule has 1 aromatic heterocycles. The van der Waals surface area contributed by atoms with E-state index in [0.717, 1.165) is 30.7 Å². The highest BCUT2D eigenvalue weighted by molar-refractivity contribution is 7.99. The van der Waals surface area contributed by atoms with Crippen LogP contribution >= 0.6 is 11.8 Å². The van der Waals surface area contributed by atoms with Crippen LogP contribution in [0.3, 0.4) is 0 Å². The van der Waals surface area contributed by atoms with Crippen LogP contribution in [-0.2, 0) is 12.8 Å². The maximum Gasteiger partial charge on any atom is 0.270 e. The minimum atomic E-state index is -0.503. The molecule has 1 aliphatic carbocycles. The van der Waals surface area contributed by atoms with E-state index in [2.05, 4.69) is 9.97 Å². The number of rotatable bonds is 5. The number of hydrogen-bond acceptors (Lipinski definition) is 6. The molecule has 0 N–H and O–H groups in total. The summed E-state index contributed by atoms with van der Waals surface area (Å²) in [6.45, 7) is 1.97. The zero-order chi connectivity index (χ0) is 16.4. The van der Waals surface area contributed by atoms with Gasteiger partial charge in [-0.1, -0.05) is 23.9 Å². The minimum Gasteiger partial charge on any atom is -0.293 e. The van der Waals surface area contributed by atoms with Gasteiger partial charge in [-0.05, 0) is 31.7 Å². The number of aryl methyl sites for hydroxylation is 2. The molecule has 1 heterocycles. The molecule has 1 aromatic carbocycles. The molecule has 0 aliphatic heterocycles. The molecule has 1 aliphatic rings. The molecule has 23 heavy (non-hydrogen) atoms. The molecule has 2 aromatic rings. The second-order valence-corrected chi connectivity index (χ2v) is 6.33. The number of aromatic nitrogens is 2. The van der Waals surface area contributed by atoms with Crippen LogP contribution in [0.25, 0.3) is 0 Å². The topological polar surface area (TPSA) is 86.0 Å². The fourth-order valence-electron chi connectivity index (χ4n) is 2.66. The van der Waals surface area contributed by atoms with Gasteiger partial charge in [-0.3, -0.25) is 14.9 Å². The average molecular weight is 329 g/mol. The van der Waals surface area contributed by atoms with E-state index in [4.69, 9.17) is 0 Å². The largest absolute Gasteiger partial charge is 0.293 e. The van der Waals surface area contributed by atoms with Gasteiger partial charge in [-0.25, -0.2) is 9.97 Å². The van der Waals surface area contributed by atoms with Gasteiger partial charge in [-0.2, -0.15) is 0 Å². The first-order valence-corrected chi connectivity index (χ1v) is 8.30. The van der Waals surface area contributed by atoms with Crippen molar-refractivity contribution in [2.24, 2.45) is 0 Å². The van der Waals surface area contributed by atoms with Crippen molar-refractivity contribution < 1.29 is 9.72 Å². The number of non-ortho nitro benzene ring substituents is 1. The quantitative estimate of drug-likeness (QED) is 0.275. The molecule has 6 nitrogen and oxygen atoms in total. The number of nitro groups is 1. The average Bonchev–Trinajstić information content (AvgIpc) is 3.02. The number of carbonyl (C=O) groups is 1. The molecule has 3 rings (SSSR count). The number of nitrogens with zero attached hydrogens (tertiary/aromatic N) is 3. The van der Waals surface area contributed by atoms with E-state index >= 15 is 0 Å². The van der Waals surface area contributed by atoms with Gasteiger partial charge in [0.25, 0.3) is 5.69 Å². The smallest absolute Gasteiger partial charge is 0.270 e. The zero-order valence-electron chi connectivity index (χ0n) is 12.6. The van der Waals surface area contributed by atoms with E-state index < -0.39 is 4.92 Å². The summed E-state index contributed by atoms with van der Waals surface area (Å²) in [6.07, 6.45) is 3.09. The highest BCUT2D eigenvalue weighted by Crippen LogP contribution is 2.26. The van der Waals surface area contributed by atoms with Crippen molar-refractivity contribution in [3.63, 3.8) is 0 Å². The number of fused-ring (bicyclic) bond motifs is 1. The highest BCUT2D eigenvalue weighted by Gasteiger charge is 2.18. The first-order chi connectivity index (χ1) is 11.0. The predicted molar refractivity (Wildman–Crippen MR) is 86.9 cm³/mol. The summed E-state index contributed by atoms with van der Waals surface area (Å²) in [5.41, 5.74) is 3.56. The lowest BCUT2D eigenvalue weighted by atomic mass is 10.1. The molecule has 0 radical (unpaired) electrons. The van der Waals surface area contributed by atoms with Gasteiger partial charge in [0.15, 0.2) is 10.9 Å². The zero-order valence-corrected chi connectivity index (χ0v) is 13.4. The molecule has 0 spiro atoms. The Bertz CT molecular complexity index is 792. The summed E-state index contributed by atoms with van der Waals surface area (Å²) < 4.78 is 0. The molecule has 0 saturated heterocycles. The van der Waals surface area contributed by atoms with Crippen molar-refractivity contribution in [1.82, 2.24) is 9.97 Å². The van der Waals surface area contributed by atoms with Gasteiger partial charge in [0.05, 0.1) is 10.7 Å². The van der Waals surface area contributed by atoms with Gasteiger partial charge in [-0.15, -0.1) is 0 Å². The number of ketones is 1. The second-order valence-electron chi connectivity index (χ2n) is 5.39. The monoisotopic (exact) mass is 329 g/mol. The van der Waals surface area contributed by atoms with Gasteiger partial charge in [0.2, 0.25) is 0 Å². The normalized spacial score (nSPS) is 12.9. The SMILES string of the molecule is Cc1nc(SCC(=O)c2cccc([N+](=O)[O-])c2)nc2c1CCC2. The van der Waals surface area contributed by atoms with E-state index in [1.807, 2.05) is 6.92 Å². The third kappa shape index (κ3) is 3.39. The Morgan fingerprint density at radius 1 is 1.35 bits per heavy atom. The van der Waals surface area contributed by atoms with Crippen LogP contribution in [-0.4, -0.2) is 26.4 Å². The van der Waals surface area contributed by atoms with Gasteiger partial charge in [0.1, 0.15) is 0 Å². The van der Waals surface area contributed by atoms with Crippen molar-refractivity contribution in [3.8, 4) is 0 Å². The predicted octanol–water partition coefficient (Wildman–Crippen LogP) is 3.16. The third-order valence-electron chi connectivity index (χ3n) is 3.83. The van der Waals surface area contributed by atoms with Crippen LogP contribution in [0, 0.1) is 17.0 Å². The minimum absolute atomic E-state index is 0.0783. The Kier molecular flexibility index (Phi) is 4.38. The molecule has 0 fully saturated rings. The molecule has 0 bridgehead atoms. The number of hydrogen-bond donors (Lipinski definition) is 0. The Hall–Kier alpha value is -2.28. The van der Waals surface area contributed by atoms with E-state index in [1.165, 1.54) is 35.5 Å². The summed E-state index contributed by atoms with van der Waals surface area (Å²) in [7, 11) is 0. The first kappa shape index (κ1) is 15.6. The number of benzene rings is 1. The van der Waals surface area contributed by atoms with Crippen LogP contribution in [0.4, 0.5) is 5.69 Å². The van der Waals surface area contributed by atoms with Gasteiger partial charge < -0.3 is 0 Å². The second kappa shape index (κ2) is 6.45. The van der Waals surface area contributed by atoms with Crippen LogP contribution in [0.1, 0.15) is 33.7 Å². The first-order valence-electron chi connectivity index (χ1n) is 7.31. The van der Waals surface area contributed by atoms with Gasteiger partial charge in [0, 0.05) is 29.1 Å². The summed E-state index contributed by atoms with van der Waals surface area (Å²) in [5.74, 6) is -0.000183. The lowest BCUT2D eigenvalue weighted by Gasteiger charge is -2.06. The van der Waals surface area contributed by atoms with Crippen molar-refractivity contribution >= 4 is 23.2 Å². The van der Waals surface area contributed by atoms with Crippen molar-refractivity contribution in [2.45, 2.75) is 31.3 Å². The summed E-state index contributed by atoms with van der Waals surface area (Å²) in [4.78, 5) is 31.4. The fourth-order valence-corrected chi connectivity index (χ4v) is 3.47. The van der Waals surface area contributed by atoms with E-state index in [9.17, 15) is 14.9 Å². The number of carbonyl (C=O) groups excluding carboxylic acids is 1. The molecule has 0 saturated carbocycles. The maximum absolute atomic E-state index is 12.2. The van der Waals surface area contributed by atoms with Crippen molar-refractivity contribution in [2.75, 3.05) is 5.75 Å². The fraction of sp³-hybridized carbons (Fsp3) is 0.312. The van der Waals surface area contributed by atoms with Crippen molar-refractivity contribution in [1.29, 1.82) is 0 Å². The lowest BCUT2D eigenvalue weighted by molar-refractivity contribution is -0.384.